The first-order valence-electron chi connectivity index (χ1n) is 8.99. The van der Waals surface area contributed by atoms with E-state index in [-0.39, 0.29) is 17.4 Å². The van der Waals surface area contributed by atoms with Gasteiger partial charge < -0.3 is 15.4 Å². The minimum atomic E-state index is -0.355. The number of halogens is 1. The number of carbonyl (C=O) groups is 2. The van der Waals surface area contributed by atoms with Crippen LogP contribution in [0.2, 0.25) is 0 Å². The van der Waals surface area contributed by atoms with Gasteiger partial charge in [-0.2, -0.15) is 0 Å². The summed E-state index contributed by atoms with van der Waals surface area (Å²) >= 11 is 3.37. The van der Waals surface area contributed by atoms with Crippen molar-refractivity contribution >= 4 is 39.0 Å². The number of fused-ring (bicyclic) bond motifs is 1. The third-order valence-electron chi connectivity index (χ3n) is 4.41. The van der Waals surface area contributed by atoms with Crippen LogP contribution >= 0.6 is 15.9 Å². The van der Waals surface area contributed by atoms with E-state index in [0.29, 0.717) is 23.6 Å². The first kappa shape index (κ1) is 19.0. The first-order chi connectivity index (χ1) is 14.1. The van der Waals surface area contributed by atoms with Gasteiger partial charge in [-0.1, -0.05) is 46.3 Å². The summed E-state index contributed by atoms with van der Waals surface area (Å²) in [5.74, 6) is 0.0516. The molecule has 6 heteroatoms. The normalized spacial score (nSPS) is 14.0. The minimum Gasteiger partial charge on any atom is -0.489 e. The van der Waals surface area contributed by atoms with E-state index in [2.05, 4.69) is 26.6 Å². The number of rotatable bonds is 5. The lowest BCUT2D eigenvalue weighted by Crippen LogP contribution is -2.26. The Labute approximate surface area is 176 Å². The van der Waals surface area contributed by atoms with Gasteiger partial charge in [-0.25, -0.2) is 0 Å². The van der Waals surface area contributed by atoms with Gasteiger partial charge in [0, 0.05) is 16.1 Å². The Hall–Kier alpha value is -3.38. The zero-order valence-corrected chi connectivity index (χ0v) is 16.9. The van der Waals surface area contributed by atoms with Crippen LogP contribution in [0.3, 0.4) is 0 Å². The van der Waals surface area contributed by atoms with Gasteiger partial charge in [0.05, 0.1) is 11.4 Å². The molecule has 4 rings (SSSR count). The molecule has 29 heavy (non-hydrogen) atoms. The summed E-state index contributed by atoms with van der Waals surface area (Å²) in [6, 6.07) is 22.2. The van der Waals surface area contributed by atoms with Gasteiger partial charge in [-0.05, 0) is 48.0 Å². The summed E-state index contributed by atoms with van der Waals surface area (Å²) in [6.45, 7) is 0.456. The summed E-state index contributed by atoms with van der Waals surface area (Å²) in [5, 5.41) is 5.78. The zero-order chi connectivity index (χ0) is 20.2. The molecule has 0 unspecified atom stereocenters. The molecule has 2 N–H and O–H groups in total. The highest BCUT2D eigenvalue weighted by molar-refractivity contribution is 9.10. The SMILES string of the molecule is O=C1Nc2cc(Br)ccc2NC1=CC(=O)c1ccc(OCc2ccccc2)cc1. The van der Waals surface area contributed by atoms with Crippen LogP contribution < -0.4 is 15.4 Å². The van der Waals surface area contributed by atoms with Gasteiger partial charge in [0.15, 0.2) is 5.78 Å². The molecule has 0 saturated carbocycles. The van der Waals surface area contributed by atoms with E-state index in [1.54, 1.807) is 30.3 Å². The molecular formula is C23H17BrN2O3. The number of nitrogens with one attached hydrogen (secondary N) is 2. The predicted octanol–water partition coefficient (Wildman–Crippen LogP) is 5.16. The van der Waals surface area contributed by atoms with Crippen LogP contribution in [0.1, 0.15) is 15.9 Å². The number of hydrogen-bond acceptors (Lipinski definition) is 4. The van der Waals surface area contributed by atoms with Gasteiger partial charge in [0.25, 0.3) is 5.91 Å². The molecule has 1 aliphatic heterocycles. The third kappa shape index (κ3) is 4.55. The number of carbonyl (C=O) groups excluding carboxylic acids is 2. The second kappa shape index (κ2) is 8.32. The molecule has 0 radical (unpaired) electrons. The van der Waals surface area contributed by atoms with Crippen molar-refractivity contribution in [1.29, 1.82) is 0 Å². The van der Waals surface area contributed by atoms with Crippen LogP contribution in [-0.2, 0) is 11.4 Å². The fraction of sp³-hybridized carbons (Fsp3) is 0.0435. The van der Waals surface area contributed by atoms with Gasteiger partial charge in [-0.15, -0.1) is 0 Å². The molecule has 1 heterocycles. The Morgan fingerprint density at radius 2 is 1.69 bits per heavy atom. The Morgan fingerprint density at radius 3 is 2.45 bits per heavy atom. The summed E-state index contributed by atoms with van der Waals surface area (Å²) in [7, 11) is 0. The van der Waals surface area contributed by atoms with E-state index in [1.807, 2.05) is 42.5 Å². The third-order valence-corrected chi connectivity index (χ3v) is 4.90. The maximum absolute atomic E-state index is 12.6. The maximum Gasteiger partial charge on any atom is 0.272 e. The fourth-order valence-electron chi connectivity index (χ4n) is 2.89. The van der Waals surface area contributed by atoms with Crippen molar-refractivity contribution in [2.75, 3.05) is 10.6 Å². The van der Waals surface area contributed by atoms with Crippen LogP contribution in [0.25, 0.3) is 0 Å². The molecule has 0 aromatic heterocycles. The Morgan fingerprint density at radius 1 is 0.931 bits per heavy atom. The number of allylic oxidation sites excluding steroid dienone is 1. The molecular weight excluding hydrogens is 432 g/mol. The maximum atomic E-state index is 12.6. The number of hydrogen-bond donors (Lipinski definition) is 2. The molecule has 0 spiro atoms. The molecule has 1 aliphatic rings. The summed E-state index contributed by atoms with van der Waals surface area (Å²) in [5.41, 5.74) is 3.14. The topological polar surface area (TPSA) is 67.4 Å². The van der Waals surface area contributed by atoms with Crippen molar-refractivity contribution in [2.45, 2.75) is 6.61 Å². The van der Waals surface area contributed by atoms with Gasteiger partial charge in [0.1, 0.15) is 18.1 Å². The largest absolute Gasteiger partial charge is 0.489 e. The average Bonchev–Trinajstić information content (AvgIpc) is 2.74. The van der Waals surface area contributed by atoms with Crippen LogP contribution in [0.5, 0.6) is 5.75 Å². The lowest BCUT2D eigenvalue weighted by atomic mass is 10.1. The van der Waals surface area contributed by atoms with Crippen LogP contribution in [-0.4, -0.2) is 11.7 Å². The van der Waals surface area contributed by atoms with E-state index in [0.717, 1.165) is 15.7 Å². The second-order valence-electron chi connectivity index (χ2n) is 6.49. The van der Waals surface area contributed by atoms with E-state index in [1.165, 1.54) is 6.08 Å². The van der Waals surface area contributed by atoms with Crippen LogP contribution in [0, 0.1) is 0 Å². The number of ketones is 1. The Balaban J connectivity index is 1.44. The number of amides is 1. The molecule has 5 nitrogen and oxygen atoms in total. The van der Waals surface area contributed by atoms with E-state index >= 15 is 0 Å². The van der Waals surface area contributed by atoms with Crippen LogP contribution in [0.15, 0.2) is 89.0 Å². The van der Waals surface area contributed by atoms with Gasteiger partial charge >= 0.3 is 0 Å². The van der Waals surface area contributed by atoms with E-state index in [9.17, 15) is 9.59 Å². The lowest BCUT2D eigenvalue weighted by Gasteiger charge is -2.21. The molecule has 0 atom stereocenters. The standard InChI is InChI=1S/C23H17BrN2O3/c24-17-8-11-19-20(12-17)26-23(28)21(25-19)13-22(27)16-6-9-18(10-7-16)29-14-15-4-2-1-3-5-15/h1-13,25H,14H2,(H,26,28). The van der Waals surface area contributed by atoms with E-state index in [4.69, 9.17) is 4.74 Å². The summed E-state index contributed by atoms with van der Waals surface area (Å²) in [4.78, 5) is 24.9. The summed E-state index contributed by atoms with van der Waals surface area (Å²) in [6.07, 6.45) is 1.31. The summed E-state index contributed by atoms with van der Waals surface area (Å²) < 4.78 is 6.59. The zero-order valence-electron chi connectivity index (χ0n) is 15.3. The Bertz CT molecular complexity index is 1090. The van der Waals surface area contributed by atoms with Crippen molar-refractivity contribution in [3.05, 3.63) is 100 Å². The molecule has 0 fully saturated rings. The molecule has 0 bridgehead atoms. The van der Waals surface area contributed by atoms with Gasteiger partial charge in [0.2, 0.25) is 0 Å². The number of benzene rings is 3. The van der Waals surface area contributed by atoms with E-state index < -0.39 is 0 Å². The number of anilines is 2. The highest BCUT2D eigenvalue weighted by atomic mass is 79.9. The van der Waals surface area contributed by atoms with Gasteiger partial charge in [-0.3, -0.25) is 9.59 Å². The molecule has 3 aromatic rings. The predicted molar refractivity (Wildman–Crippen MR) is 116 cm³/mol. The highest BCUT2D eigenvalue weighted by Gasteiger charge is 2.21. The van der Waals surface area contributed by atoms with Crippen molar-refractivity contribution < 1.29 is 14.3 Å². The van der Waals surface area contributed by atoms with Crippen molar-refractivity contribution in [3.8, 4) is 5.75 Å². The molecule has 1 amide bonds. The quantitative estimate of drug-likeness (QED) is 0.417. The average molecular weight is 449 g/mol. The van der Waals surface area contributed by atoms with Crippen LogP contribution in [0.4, 0.5) is 11.4 Å². The minimum absolute atomic E-state index is 0.203. The molecule has 144 valence electrons. The lowest BCUT2D eigenvalue weighted by molar-refractivity contribution is -0.112. The van der Waals surface area contributed by atoms with Crippen molar-refractivity contribution in [1.82, 2.24) is 0 Å². The Kier molecular flexibility index (Phi) is 5.44. The number of ether oxygens (including phenoxy) is 1. The first-order valence-corrected chi connectivity index (χ1v) is 9.78. The highest BCUT2D eigenvalue weighted by Crippen LogP contribution is 2.30. The molecule has 0 saturated heterocycles. The van der Waals surface area contributed by atoms with Crippen molar-refractivity contribution in [3.63, 3.8) is 0 Å². The molecule has 0 aliphatic carbocycles. The smallest absolute Gasteiger partial charge is 0.272 e. The second-order valence-corrected chi connectivity index (χ2v) is 7.41. The molecule has 3 aromatic carbocycles. The van der Waals surface area contributed by atoms with Crippen molar-refractivity contribution in [2.24, 2.45) is 0 Å². The fourth-order valence-corrected chi connectivity index (χ4v) is 3.25. The monoisotopic (exact) mass is 448 g/mol.